The molecule has 116 valence electrons. The van der Waals surface area contributed by atoms with Crippen LogP contribution in [0.3, 0.4) is 0 Å². The van der Waals surface area contributed by atoms with Crippen LogP contribution in [0.4, 0.5) is 0 Å². The van der Waals surface area contributed by atoms with Crippen LogP contribution < -0.4 is 5.32 Å². The molecule has 2 aliphatic heterocycles. The van der Waals surface area contributed by atoms with Gasteiger partial charge in [0.15, 0.2) is 5.96 Å². The van der Waals surface area contributed by atoms with Gasteiger partial charge in [-0.05, 0) is 44.9 Å². The van der Waals surface area contributed by atoms with Gasteiger partial charge in [-0.1, -0.05) is 0 Å². The van der Waals surface area contributed by atoms with Crippen molar-refractivity contribution in [2.24, 2.45) is 10.4 Å². The van der Waals surface area contributed by atoms with Crippen LogP contribution in [0, 0.1) is 5.41 Å². The maximum absolute atomic E-state index is 5.75. The van der Waals surface area contributed by atoms with Gasteiger partial charge in [0, 0.05) is 38.2 Å². The van der Waals surface area contributed by atoms with Crippen LogP contribution in [0.2, 0.25) is 0 Å². The first-order valence-corrected chi connectivity index (χ1v) is 7.87. The van der Waals surface area contributed by atoms with Gasteiger partial charge in [-0.25, -0.2) is 0 Å². The number of ether oxygens (including phenoxy) is 1. The summed E-state index contributed by atoms with van der Waals surface area (Å²) < 4.78 is 5.75. The van der Waals surface area contributed by atoms with Crippen molar-refractivity contribution in [1.29, 1.82) is 0 Å². The fourth-order valence-electron chi connectivity index (χ4n) is 3.65. The van der Waals surface area contributed by atoms with Gasteiger partial charge >= 0.3 is 0 Å². The van der Waals surface area contributed by atoms with Gasteiger partial charge in [0.25, 0.3) is 0 Å². The molecule has 1 aliphatic carbocycles. The second-order valence-electron chi connectivity index (χ2n) is 6.50. The number of rotatable bonds is 1. The van der Waals surface area contributed by atoms with Crippen molar-refractivity contribution in [3.05, 3.63) is 0 Å². The van der Waals surface area contributed by atoms with Crippen LogP contribution >= 0.6 is 24.0 Å². The van der Waals surface area contributed by atoms with Crippen molar-refractivity contribution in [3.63, 3.8) is 0 Å². The molecule has 0 aromatic rings. The van der Waals surface area contributed by atoms with Crippen LogP contribution in [0.5, 0.6) is 0 Å². The largest absolute Gasteiger partial charge is 0.381 e. The summed E-state index contributed by atoms with van der Waals surface area (Å²) in [5.74, 6) is 1.12. The third-order valence-corrected chi connectivity index (χ3v) is 5.02. The summed E-state index contributed by atoms with van der Waals surface area (Å²) in [7, 11) is 1.92. The van der Waals surface area contributed by atoms with Crippen molar-refractivity contribution in [1.82, 2.24) is 10.2 Å². The van der Waals surface area contributed by atoms with E-state index in [1.54, 1.807) is 0 Å². The molecule has 0 aromatic heterocycles. The van der Waals surface area contributed by atoms with E-state index in [1.165, 1.54) is 44.9 Å². The van der Waals surface area contributed by atoms with E-state index in [2.05, 4.69) is 15.2 Å². The number of piperidine rings is 1. The standard InChI is InChI=1S/C15H27N3O.HI/c1-16-14(17-13-5-2-6-13)18-9-3-7-15(11-18)8-4-10-19-12-15;/h13H,2-12H2,1H3,(H,16,17);1H. The minimum absolute atomic E-state index is 0. The Hall–Kier alpha value is -0.0400. The molecule has 0 radical (unpaired) electrons. The number of halogens is 1. The van der Waals surface area contributed by atoms with Crippen molar-refractivity contribution >= 4 is 29.9 Å². The van der Waals surface area contributed by atoms with Gasteiger partial charge in [0.2, 0.25) is 0 Å². The second-order valence-corrected chi connectivity index (χ2v) is 6.50. The summed E-state index contributed by atoms with van der Waals surface area (Å²) in [4.78, 5) is 6.97. The molecule has 0 bridgehead atoms. The summed E-state index contributed by atoms with van der Waals surface area (Å²) in [6.45, 7) is 4.17. The Morgan fingerprint density at radius 1 is 1.25 bits per heavy atom. The summed E-state index contributed by atoms with van der Waals surface area (Å²) in [5.41, 5.74) is 0.397. The molecule has 2 saturated heterocycles. The number of likely N-dealkylation sites (tertiary alicyclic amines) is 1. The minimum Gasteiger partial charge on any atom is -0.381 e. The smallest absolute Gasteiger partial charge is 0.193 e. The number of aliphatic imine (C=N–C) groups is 1. The van der Waals surface area contributed by atoms with Crippen LogP contribution in [0.25, 0.3) is 0 Å². The van der Waals surface area contributed by atoms with Gasteiger partial charge in [0.1, 0.15) is 0 Å². The third kappa shape index (κ3) is 3.59. The Labute approximate surface area is 139 Å². The molecule has 5 heteroatoms. The van der Waals surface area contributed by atoms with Crippen molar-refractivity contribution < 1.29 is 4.74 Å². The van der Waals surface area contributed by atoms with Crippen molar-refractivity contribution in [2.75, 3.05) is 33.4 Å². The highest BCUT2D eigenvalue weighted by Crippen LogP contribution is 2.37. The fourth-order valence-corrected chi connectivity index (χ4v) is 3.65. The van der Waals surface area contributed by atoms with Gasteiger partial charge in [0.05, 0.1) is 6.61 Å². The Bertz CT molecular complexity index is 333. The Morgan fingerprint density at radius 3 is 2.65 bits per heavy atom. The Balaban J connectivity index is 0.00000147. The molecule has 2 heterocycles. The predicted molar refractivity (Wildman–Crippen MR) is 92.8 cm³/mol. The lowest BCUT2D eigenvalue weighted by molar-refractivity contribution is -0.0372. The van der Waals surface area contributed by atoms with Gasteiger partial charge in [-0.2, -0.15) is 0 Å². The van der Waals surface area contributed by atoms with E-state index < -0.39 is 0 Å². The summed E-state index contributed by atoms with van der Waals surface area (Å²) in [6.07, 6.45) is 9.12. The number of nitrogens with one attached hydrogen (secondary N) is 1. The quantitative estimate of drug-likeness (QED) is 0.423. The molecular formula is C15H28IN3O. The Kier molecular flexibility index (Phi) is 5.95. The lowest BCUT2D eigenvalue weighted by Gasteiger charge is -2.46. The normalized spacial score (nSPS) is 31.6. The molecular weight excluding hydrogens is 365 g/mol. The first-order chi connectivity index (χ1) is 9.31. The van der Waals surface area contributed by atoms with E-state index in [-0.39, 0.29) is 24.0 Å². The monoisotopic (exact) mass is 393 g/mol. The first kappa shape index (κ1) is 16.3. The van der Waals surface area contributed by atoms with E-state index >= 15 is 0 Å². The lowest BCUT2D eigenvalue weighted by Crippen LogP contribution is -2.55. The topological polar surface area (TPSA) is 36.9 Å². The fraction of sp³-hybridized carbons (Fsp3) is 0.933. The highest BCUT2D eigenvalue weighted by atomic mass is 127. The van der Waals surface area contributed by atoms with Crippen molar-refractivity contribution in [3.8, 4) is 0 Å². The van der Waals surface area contributed by atoms with Crippen LogP contribution in [0.1, 0.15) is 44.9 Å². The average Bonchev–Trinajstić information content (AvgIpc) is 2.39. The highest BCUT2D eigenvalue weighted by Gasteiger charge is 2.38. The summed E-state index contributed by atoms with van der Waals surface area (Å²) >= 11 is 0. The second kappa shape index (κ2) is 7.29. The zero-order chi connectivity index (χ0) is 13.1. The molecule has 3 fully saturated rings. The molecule has 1 spiro atoms. The maximum Gasteiger partial charge on any atom is 0.193 e. The number of guanidine groups is 1. The van der Waals surface area contributed by atoms with Gasteiger partial charge in [-0.15, -0.1) is 24.0 Å². The molecule has 3 rings (SSSR count). The lowest BCUT2D eigenvalue weighted by atomic mass is 9.76. The molecule has 1 atom stereocenters. The van der Waals surface area contributed by atoms with Crippen molar-refractivity contribution in [2.45, 2.75) is 51.0 Å². The highest BCUT2D eigenvalue weighted by molar-refractivity contribution is 14.0. The predicted octanol–water partition coefficient (Wildman–Crippen LogP) is 2.62. The number of hydrogen-bond acceptors (Lipinski definition) is 2. The van der Waals surface area contributed by atoms with Crippen LogP contribution in [-0.2, 0) is 4.74 Å². The molecule has 1 saturated carbocycles. The van der Waals surface area contributed by atoms with E-state index in [1.807, 2.05) is 7.05 Å². The summed E-state index contributed by atoms with van der Waals surface area (Å²) in [5, 5.41) is 3.63. The molecule has 4 nitrogen and oxygen atoms in total. The van der Waals surface area contributed by atoms with Gasteiger partial charge in [-0.3, -0.25) is 4.99 Å². The minimum atomic E-state index is 0. The first-order valence-electron chi connectivity index (χ1n) is 7.87. The SMILES string of the molecule is CN=C(NC1CCC1)N1CCCC2(CCCOC2)C1.I. The molecule has 3 aliphatic rings. The van der Waals surface area contributed by atoms with Crippen LogP contribution in [-0.4, -0.2) is 50.3 Å². The average molecular weight is 393 g/mol. The Morgan fingerprint density at radius 2 is 2.05 bits per heavy atom. The molecule has 1 unspecified atom stereocenters. The number of nitrogens with zero attached hydrogens (tertiary/aromatic N) is 2. The third-order valence-electron chi connectivity index (χ3n) is 5.02. The van der Waals surface area contributed by atoms with E-state index in [4.69, 9.17) is 4.74 Å². The summed E-state index contributed by atoms with van der Waals surface area (Å²) in [6, 6.07) is 0.666. The van der Waals surface area contributed by atoms with Gasteiger partial charge < -0.3 is 15.0 Å². The van der Waals surface area contributed by atoms with E-state index in [0.717, 1.165) is 32.3 Å². The molecule has 0 aromatic carbocycles. The van der Waals surface area contributed by atoms with E-state index in [9.17, 15) is 0 Å². The number of hydrogen-bond donors (Lipinski definition) is 1. The van der Waals surface area contributed by atoms with Crippen LogP contribution in [0.15, 0.2) is 4.99 Å². The molecule has 20 heavy (non-hydrogen) atoms. The maximum atomic E-state index is 5.75. The molecule has 1 N–H and O–H groups in total. The zero-order valence-electron chi connectivity index (χ0n) is 12.6. The van der Waals surface area contributed by atoms with E-state index in [0.29, 0.717) is 11.5 Å². The zero-order valence-corrected chi connectivity index (χ0v) is 14.9. The molecule has 0 amide bonds.